The van der Waals surface area contributed by atoms with Gasteiger partial charge in [0.1, 0.15) is 5.69 Å². The van der Waals surface area contributed by atoms with Gasteiger partial charge in [0.25, 0.3) is 5.91 Å². The molecule has 0 aliphatic carbocycles. The molecule has 8 nitrogen and oxygen atoms in total. The quantitative estimate of drug-likeness (QED) is 0.886. The molecule has 1 aromatic rings. The van der Waals surface area contributed by atoms with Gasteiger partial charge in [-0.15, -0.1) is 0 Å². The topological polar surface area (TPSA) is 97.6 Å². The maximum atomic E-state index is 13.0. The largest absolute Gasteiger partial charge is 0.369 e. The van der Waals surface area contributed by atoms with Crippen molar-refractivity contribution in [1.29, 1.82) is 0 Å². The lowest BCUT2D eigenvalue weighted by molar-refractivity contribution is -0.126. The SMILES string of the molecule is CNC(=O)C[C@@H]1OC(C)(C)C[C@]12CCCN2C(=O)c1nonc1C. The lowest BCUT2D eigenvalue weighted by atomic mass is 9.82. The van der Waals surface area contributed by atoms with E-state index in [1.165, 1.54) is 0 Å². The Morgan fingerprint density at radius 1 is 1.38 bits per heavy atom. The second kappa shape index (κ2) is 5.84. The summed E-state index contributed by atoms with van der Waals surface area (Å²) < 4.78 is 10.9. The number of nitrogens with one attached hydrogen (secondary N) is 1. The van der Waals surface area contributed by atoms with Crippen LogP contribution in [0.5, 0.6) is 0 Å². The number of likely N-dealkylation sites (tertiary alicyclic amines) is 1. The van der Waals surface area contributed by atoms with Crippen LogP contribution in [0.2, 0.25) is 0 Å². The Kier molecular flexibility index (Phi) is 4.11. The summed E-state index contributed by atoms with van der Waals surface area (Å²) in [5.41, 5.74) is -0.167. The van der Waals surface area contributed by atoms with Crippen molar-refractivity contribution in [2.24, 2.45) is 0 Å². The van der Waals surface area contributed by atoms with Crippen LogP contribution < -0.4 is 5.32 Å². The minimum Gasteiger partial charge on any atom is -0.369 e. The fourth-order valence-corrected chi connectivity index (χ4v) is 4.17. The van der Waals surface area contributed by atoms with Crippen LogP contribution in [0.25, 0.3) is 0 Å². The summed E-state index contributed by atoms with van der Waals surface area (Å²) in [6.45, 7) is 6.32. The molecule has 24 heavy (non-hydrogen) atoms. The number of carbonyl (C=O) groups is 2. The summed E-state index contributed by atoms with van der Waals surface area (Å²) in [5, 5.41) is 10.1. The van der Waals surface area contributed by atoms with Gasteiger partial charge in [-0.05, 0) is 38.8 Å². The molecule has 2 amide bonds. The predicted molar refractivity (Wildman–Crippen MR) is 84.3 cm³/mol. The number of amides is 2. The molecule has 1 N–H and O–H groups in total. The number of carbonyl (C=O) groups excluding carboxylic acids is 2. The monoisotopic (exact) mass is 336 g/mol. The van der Waals surface area contributed by atoms with Crippen molar-refractivity contribution >= 4 is 11.8 Å². The highest BCUT2D eigenvalue weighted by Gasteiger charge is 2.59. The van der Waals surface area contributed by atoms with E-state index >= 15 is 0 Å². The first-order valence-corrected chi connectivity index (χ1v) is 8.29. The molecule has 0 bridgehead atoms. The third-order valence-electron chi connectivity index (χ3n) is 5.07. The maximum Gasteiger partial charge on any atom is 0.278 e. The number of aromatic nitrogens is 2. The van der Waals surface area contributed by atoms with Gasteiger partial charge in [-0.2, -0.15) is 0 Å². The van der Waals surface area contributed by atoms with E-state index in [9.17, 15) is 9.59 Å². The highest BCUT2D eigenvalue weighted by molar-refractivity contribution is 5.94. The maximum absolute atomic E-state index is 13.0. The van der Waals surface area contributed by atoms with Crippen LogP contribution in [-0.2, 0) is 9.53 Å². The van der Waals surface area contributed by atoms with Crippen molar-refractivity contribution in [2.75, 3.05) is 13.6 Å². The average Bonchev–Trinajstić information content (AvgIpc) is 3.17. The molecule has 8 heteroatoms. The third kappa shape index (κ3) is 2.68. The minimum atomic E-state index is -0.488. The summed E-state index contributed by atoms with van der Waals surface area (Å²) in [6.07, 6.45) is 2.28. The number of aryl methyl sites for hydroxylation is 1. The Bertz CT molecular complexity index is 656. The Morgan fingerprint density at radius 3 is 2.75 bits per heavy atom. The first-order valence-electron chi connectivity index (χ1n) is 8.29. The summed E-state index contributed by atoms with van der Waals surface area (Å²) in [4.78, 5) is 26.8. The average molecular weight is 336 g/mol. The van der Waals surface area contributed by atoms with E-state index in [1.54, 1.807) is 14.0 Å². The van der Waals surface area contributed by atoms with E-state index < -0.39 is 11.1 Å². The van der Waals surface area contributed by atoms with E-state index in [-0.39, 0.29) is 30.0 Å². The van der Waals surface area contributed by atoms with E-state index in [0.717, 1.165) is 12.8 Å². The highest BCUT2D eigenvalue weighted by atomic mass is 16.6. The molecule has 1 spiro atoms. The zero-order valence-electron chi connectivity index (χ0n) is 14.6. The van der Waals surface area contributed by atoms with Gasteiger partial charge in [-0.1, -0.05) is 5.16 Å². The number of ether oxygens (including phenoxy) is 1. The summed E-state index contributed by atoms with van der Waals surface area (Å²) in [5.74, 6) is -0.287. The van der Waals surface area contributed by atoms with Gasteiger partial charge in [0.2, 0.25) is 5.91 Å². The van der Waals surface area contributed by atoms with Crippen molar-refractivity contribution in [3.05, 3.63) is 11.4 Å². The van der Waals surface area contributed by atoms with Gasteiger partial charge < -0.3 is 15.0 Å². The predicted octanol–water partition coefficient (Wildman–Crippen LogP) is 1.06. The number of hydrogen-bond donors (Lipinski definition) is 1. The van der Waals surface area contributed by atoms with Gasteiger partial charge in [0, 0.05) is 20.0 Å². The van der Waals surface area contributed by atoms with Crippen molar-refractivity contribution in [1.82, 2.24) is 20.5 Å². The zero-order valence-corrected chi connectivity index (χ0v) is 14.6. The molecule has 0 radical (unpaired) electrons. The molecule has 2 fully saturated rings. The van der Waals surface area contributed by atoms with Gasteiger partial charge in [-0.3, -0.25) is 9.59 Å². The molecule has 0 aromatic carbocycles. The van der Waals surface area contributed by atoms with Gasteiger partial charge in [0.15, 0.2) is 5.69 Å². The summed E-state index contributed by atoms with van der Waals surface area (Å²) in [7, 11) is 1.61. The fourth-order valence-electron chi connectivity index (χ4n) is 4.17. The van der Waals surface area contributed by atoms with E-state index in [0.29, 0.717) is 18.7 Å². The fraction of sp³-hybridized carbons (Fsp3) is 0.750. The van der Waals surface area contributed by atoms with Crippen molar-refractivity contribution < 1.29 is 19.0 Å². The molecule has 3 heterocycles. The van der Waals surface area contributed by atoms with Crippen LogP contribution in [0.1, 0.15) is 55.7 Å². The molecule has 3 rings (SSSR count). The molecule has 0 saturated carbocycles. The lowest BCUT2D eigenvalue weighted by Crippen LogP contribution is -2.54. The first-order chi connectivity index (χ1) is 11.3. The molecule has 2 saturated heterocycles. The van der Waals surface area contributed by atoms with Gasteiger partial charge in [0.05, 0.1) is 23.7 Å². The standard InChI is InChI=1S/C16H24N4O4/c1-10-13(19-24-18-10)14(22)20-7-5-6-16(20)9-15(2,3)23-11(16)8-12(21)17-4/h11H,5-9H2,1-4H3,(H,17,21)/t11-,16+/m0/s1. The Hall–Kier alpha value is -1.96. The molecule has 2 atom stereocenters. The zero-order chi connectivity index (χ0) is 17.5. The molecular weight excluding hydrogens is 312 g/mol. The molecule has 1 aromatic heterocycles. The number of rotatable bonds is 3. The van der Waals surface area contributed by atoms with Crippen LogP contribution in [0, 0.1) is 6.92 Å². The number of nitrogens with zero attached hydrogens (tertiary/aromatic N) is 3. The van der Waals surface area contributed by atoms with Crippen LogP contribution >= 0.6 is 0 Å². The third-order valence-corrected chi connectivity index (χ3v) is 5.07. The van der Waals surface area contributed by atoms with Gasteiger partial charge >= 0.3 is 0 Å². The Labute approximate surface area is 140 Å². The highest BCUT2D eigenvalue weighted by Crippen LogP contribution is 2.49. The van der Waals surface area contributed by atoms with E-state index in [1.807, 2.05) is 18.7 Å². The molecule has 132 valence electrons. The second-order valence-corrected chi connectivity index (χ2v) is 7.28. The van der Waals surface area contributed by atoms with Gasteiger partial charge in [-0.25, -0.2) is 4.63 Å². The normalized spacial score (nSPS) is 28.5. The van der Waals surface area contributed by atoms with Crippen LogP contribution in [0.4, 0.5) is 0 Å². The molecule has 0 unspecified atom stereocenters. The van der Waals surface area contributed by atoms with Crippen LogP contribution in [-0.4, -0.2) is 57.9 Å². The lowest BCUT2D eigenvalue weighted by Gasteiger charge is -2.38. The Morgan fingerprint density at radius 2 is 2.12 bits per heavy atom. The Balaban J connectivity index is 1.94. The summed E-state index contributed by atoms with van der Waals surface area (Å²) >= 11 is 0. The van der Waals surface area contributed by atoms with E-state index in [2.05, 4.69) is 20.3 Å². The van der Waals surface area contributed by atoms with Crippen LogP contribution in [0.3, 0.4) is 0 Å². The molecule has 2 aliphatic heterocycles. The van der Waals surface area contributed by atoms with Crippen molar-refractivity contribution in [2.45, 2.75) is 63.7 Å². The smallest absolute Gasteiger partial charge is 0.278 e. The number of hydrogen-bond acceptors (Lipinski definition) is 6. The molecular formula is C16H24N4O4. The van der Waals surface area contributed by atoms with Crippen molar-refractivity contribution in [3.63, 3.8) is 0 Å². The van der Waals surface area contributed by atoms with Crippen LogP contribution in [0.15, 0.2) is 4.63 Å². The van der Waals surface area contributed by atoms with E-state index in [4.69, 9.17) is 4.74 Å². The first kappa shape index (κ1) is 16.9. The minimum absolute atomic E-state index is 0.0874. The summed E-state index contributed by atoms with van der Waals surface area (Å²) in [6, 6.07) is 0. The van der Waals surface area contributed by atoms with Crippen molar-refractivity contribution in [3.8, 4) is 0 Å². The molecule has 2 aliphatic rings. The second-order valence-electron chi connectivity index (χ2n) is 7.28.